The van der Waals surface area contributed by atoms with Crippen molar-refractivity contribution in [2.45, 2.75) is 54.0 Å². The van der Waals surface area contributed by atoms with Crippen LogP contribution in [0.4, 0.5) is 0 Å². The van der Waals surface area contributed by atoms with E-state index in [9.17, 15) is 9.59 Å². The summed E-state index contributed by atoms with van der Waals surface area (Å²) < 4.78 is 0. The predicted molar refractivity (Wildman–Crippen MR) is 81.1 cm³/mol. The molecule has 3 atom stereocenters. The van der Waals surface area contributed by atoms with Crippen LogP contribution in [0.3, 0.4) is 0 Å². The summed E-state index contributed by atoms with van der Waals surface area (Å²) in [7, 11) is 0. The fraction of sp³-hybridized carbons (Fsp3) is 0.750. The van der Waals surface area contributed by atoms with Gasteiger partial charge in [0, 0.05) is 6.54 Å². The lowest BCUT2D eigenvalue weighted by Crippen LogP contribution is -2.45. The minimum absolute atomic E-state index is 0.0129. The topological polar surface area (TPSA) is 58.2 Å². The van der Waals surface area contributed by atoms with Crippen molar-refractivity contribution in [3.63, 3.8) is 0 Å². The minimum atomic E-state index is -0.474. The maximum absolute atomic E-state index is 12.3. The van der Waals surface area contributed by atoms with Gasteiger partial charge in [0.2, 0.25) is 11.8 Å². The molecule has 1 aliphatic rings. The van der Waals surface area contributed by atoms with Gasteiger partial charge in [0.05, 0.1) is 5.92 Å². The number of amides is 2. The van der Waals surface area contributed by atoms with Crippen molar-refractivity contribution in [2.75, 3.05) is 6.54 Å². The Bertz CT molecular complexity index is 409. The normalized spacial score (nSPS) is 24.5. The lowest BCUT2D eigenvalue weighted by Gasteiger charge is -2.14. The Morgan fingerprint density at radius 3 is 2.40 bits per heavy atom. The van der Waals surface area contributed by atoms with Crippen molar-refractivity contribution in [1.29, 1.82) is 0 Å². The second-order valence-electron chi connectivity index (χ2n) is 6.59. The molecule has 0 bridgehead atoms. The van der Waals surface area contributed by atoms with E-state index >= 15 is 0 Å². The van der Waals surface area contributed by atoms with Gasteiger partial charge in [-0.15, -0.1) is 0 Å². The van der Waals surface area contributed by atoms with Gasteiger partial charge in [0.15, 0.2) is 0 Å². The highest BCUT2D eigenvalue weighted by Gasteiger charge is 2.60. The van der Waals surface area contributed by atoms with E-state index < -0.39 is 6.04 Å². The minimum Gasteiger partial charge on any atom is -0.354 e. The van der Waals surface area contributed by atoms with Gasteiger partial charge in [-0.05, 0) is 38.5 Å². The molecule has 2 N–H and O–H groups in total. The van der Waals surface area contributed by atoms with Crippen LogP contribution < -0.4 is 10.6 Å². The highest BCUT2D eigenvalue weighted by Crippen LogP contribution is 2.59. The molecular formula is C16H28N2O2. The quantitative estimate of drug-likeness (QED) is 0.733. The Morgan fingerprint density at radius 1 is 1.30 bits per heavy atom. The van der Waals surface area contributed by atoms with E-state index in [1.54, 1.807) is 6.92 Å². The van der Waals surface area contributed by atoms with E-state index in [0.29, 0.717) is 6.54 Å². The molecule has 1 aliphatic carbocycles. The monoisotopic (exact) mass is 280 g/mol. The standard InChI is InChI=1S/C16H28N2O2/c1-7-8-17-14(19)11(4)18-15(20)13-12(9-10(2)3)16(13,5)6/h9,11-13H,7-8H2,1-6H3,(H,17,19)(H,18,20). The first-order valence-corrected chi connectivity index (χ1v) is 7.44. The molecule has 3 unspecified atom stereocenters. The molecule has 0 spiro atoms. The van der Waals surface area contributed by atoms with Crippen molar-refractivity contribution >= 4 is 11.8 Å². The molecule has 0 aliphatic heterocycles. The maximum Gasteiger partial charge on any atom is 0.242 e. The van der Waals surface area contributed by atoms with Gasteiger partial charge in [-0.25, -0.2) is 0 Å². The molecule has 0 saturated heterocycles. The van der Waals surface area contributed by atoms with Crippen molar-refractivity contribution in [3.05, 3.63) is 11.6 Å². The summed E-state index contributed by atoms with van der Waals surface area (Å²) in [6, 6.07) is -0.474. The lowest BCUT2D eigenvalue weighted by atomic mass is 10.1. The summed E-state index contributed by atoms with van der Waals surface area (Å²) in [4.78, 5) is 24.0. The number of hydrogen-bond donors (Lipinski definition) is 2. The SMILES string of the molecule is CCCNC(=O)C(C)NC(=O)C1C(C=C(C)C)C1(C)C. The largest absolute Gasteiger partial charge is 0.354 e. The van der Waals surface area contributed by atoms with Crippen molar-refractivity contribution in [3.8, 4) is 0 Å². The third-order valence-electron chi connectivity index (χ3n) is 4.01. The predicted octanol–water partition coefficient (Wildman–Crippen LogP) is 2.26. The number of carbonyl (C=O) groups excluding carboxylic acids is 2. The van der Waals surface area contributed by atoms with Crippen molar-refractivity contribution in [2.24, 2.45) is 17.3 Å². The summed E-state index contributed by atoms with van der Waals surface area (Å²) in [5.41, 5.74) is 1.22. The smallest absolute Gasteiger partial charge is 0.242 e. The van der Waals surface area contributed by atoms with Crippen LogP contribution in [0, 0.1) is 17.3 Å². The first-order chi connectivity index (χ1) is 9.21. The number of carbonyl (C=O) groups is 2. The number of allylic oxidation sites excluding steroid dienone is 2. The highest BCUT2D eigenvalue weighted by molar-refractivity contribution is 5.90. The first-order valence-electron chi connectivity index (χ1n) is 7.44. The average Bonchev–Trinajstić information content (AvgIpc) is 2.86. The van der Waals surface area contributed by atoms with Gasteiger partial charge in [-0.3, -0.25) is 9.59 Å². The lowest BCUT2D eigenvalue weighted by molar-refractivity contribution is -0.129. The zero-order valence-corrected chi connectivity index (χ0v) is 13.5. The van der Waals surface area contributed by atoms with Crippen molar-refractivity contribution in [1.82, 2.24) is 10.6 Å². The van der Waals surface area contributed by atoms with E-state index in [4.69, 9.17) is 0 Å². The summed E-state index contributed by atoms with van der Waals surface area (Å²) in [5, 5.41) is 5.62. The third kappa shape index (κ3) is 3.84. The molecule has 114 valence electrons. The molecule has 4 nitrogen and oxygen atoms in total. The molecule has 1 saturated carbocycles. The van der Waals surface area contributed by atoms with E-state index in [-0.39, 0.29) is 29.1 Å². The fourth-order valence-electron chi connectivity index (χ4n) is 2.62. The number of nitrogens with one attached hydrogen (secondary N) is 2. The van der Waals surface area contributed by atoms with Crippen LogP contribution in [0.1, 0.15) is 48.0 Å². The summed E-state index contributed by atoms with van der Waals surface area (Å²) in [6.45, 7) is 12.7. The third-order valence-corrected chi connectivity index (χ3v) is 4.01. The van der Waals surface area contributed by atoms with Crippen LogP contribution in [0.25, 0.3) is 0 Å². The number of rotatable bonds is 6. The van der Waals surface area contributed by atoms with Crippen LogP contribution in [0.2, 0.25) is 0 Å². The van der Waals surface area contributed by atoms with E-state index in [1.807, 2.05) is 20.8 Å². The molecule has 2 amide bonds. The Labute approximate surface area is 122 Å². The molecule has 0 aromatic carbocycles. The Morgan fingerprint density at radius 2 is 1.90 bits per heavy atom. The molecule has 1 rings (SSSR count). The van der Waals surface area contributed by atoms with Crippen LogP contribution in [0.5, 0.6) is 0 Å². The van der Waals surface area contributed by atoms with Gasteiger partial charge in [0.1, 0.15) is 6.04 Å². The summed E-state index contributed by atoms with van der Waals surface area (Å²) in [5.74, 6) is 0.117. The van der Waals surface area contributed by atoms with Crippen LogP contribution in [0.15, 0.2) is 11.6 Å². The molecule has 20 heavy (non-hydrogen) atoms. The Hall–Kier alpha value is -1.32. The zero-order valence-electron chi connectivity index (χ0n) is 13.5. The molecule has 1 fully saturated rings. The van der Waals surface area contributed by atoms with Gasteiger partial charge >= 0.3 is 0 Å². The van der Waals surface area contributed by atoms with E-state index in [1.165, 1.54) is 5.57 Å². The van der Waals surface area contributed by atoms with Gasteiger partial charge < -0.3 is 10.6 Å². The molecular weight excluding hydrogens is 252 g/mol. The molecule has 0 heterocycles. The Balaban J connectivity index is 2.56. The highest BCUT2D eigenvalue weighted by atomic mass is 16.2. The Kier molecular flexibility index (Phi) is 5.37. The maximum atomic E-state index is 12.3. The second kappa shape index (κ2) is 6.42. The van der Waals surface area contributed by atoms with Crippen LogP contribution >= 0.6 is 0 Å². The summed E-state index contributed by atoms with van der Waals surface area (Å²) >= 11 is 0. The fourth-order valence-corrected chi connectivity index (χ4v) is 2.62. The van der Waals surface area contributed by atoms with E-state index in [0.717, 1.165) is 6.42 Å². The average molecular weight is 280 g/mol. The molecule has 0 aromatic rings. The first kappa shape index (κ1) is 16.7. The molecule has 4 heteroatoms. The van der Waals surface area contributed by atoms with Crippen molar-refractivity contribution < 1.29 is 9.59 Å². The summed E-state index contributed by atoms with van der Waals surface area (Å²) in [6.07, 6.45) is 3.05. The zero-order chi connectivity index (χ0) is 15.5. The molecule has 0 aromatic heterocycles. The number of hydrogen-bond acceptors (Lipinski definition) is 2. The van der Waals surface area contributed by atoms with Gasteiger partial charge in [-0.1, -0.05) is 32.4 Å². The second-order valence-corrected chi connectivity index (χ2v) is 6.59. The van der Waals surface area contributed by atoms with Crippen LogP contribution in [-0.4, -0.2) is 24.4 Å². The van der Waals surface area contributed by atoms with Crippen LogP contribution in [-0.2, 0) is 9.59 Å². The van der Waals surface area contributed by atoms with Gasteiger partial charge in [-0.2, -0.15) is 0 Å². The molecule has 0 radical (unpaired) electrons. The van der Waals surface area contributed by atoms with Gasteiger partial charge in [0.25, 0.3) is 0 Å². The van der Waals surface area contributed by atoms with E-state index in [2.05, 4.69) is 30.6 Å².